The molecular formula is C19H21ClN4O3. The van der Waals surface area contributed by atoms with Crippen LogP contribution in [0, 0.1) is 0 Å². The highest BCUT2D eigenvalue weighted by molar-refractivity contribution is 6.36. The Balaban J connectivity index is 1.96. The third kappa shape index (κ3) is 4.04. The maximum Gasteiger partial charge on any atom is 0.276 e. The molecular weight excluding hydrogens is 368 g/mol. The van der Waals surface area contributed by atoms with Gasteiger partial charge in [0, 0.05) is 26.0 Å². The van der Waals surface area contributed by atoms with Gasteiger partial charge in [-0.1, -0.05) is 23.7 Å². The summed E-state index contributed by atoms with van der Waals surface area (Å²) in [7, 11) is 3.21. The molecule has 0 saturated heterocycles. The van der Waals surface area contributed by atoms with Gasteiger partial charge in [-0.3, -0.25) is 4.79 Å². The number of rotatable bonds is 7. The van der Waals surface area contributed by atoms with Crippen LogP contribution in [0.3, 0.4) is 0 Å². The zero-order chi connectivity index (χ0) is 19.4. The van der Waals surface area contributed by atoms with Crippen LogP contribution in [0.2, 0.25) is 5.02 Å². The van der Waals surface area contributed by atoms with Gasteiger partial charge in [-0.15, -0.1) is 0 Å². The second-order valence-electron chi connectivity index (χ2n) is 6.14. The molecule has 142 valence electrons. The van der Waals surface area contributed by atoms with E-state index in [1.54, 1.807) is 37.6 Å². The second-order valence-corrected chi connectivity index (χ2v) is 6.52. The van der Waals surface area contributed by atoms with Crippen LogP contribution in [-0.2, 0) is 11.3 Å². The lowest BCUT2D eigenvalue weighted by Gasteiger charge is -2.28. The van der Waals surface area contributed by atoms with E-state index in [1.165, 1.54) is 4.52 Å². The molecule has 2 aromatic heterocycles. The molecule has 27 heavy (non-hydrogen) atoms. The van der Waals surface area contributed by atoms with Crippen molar-refractivity contribution in [2.24, 2.45) is 0 Å². The van der Waals surface area contributed by atoms with E-state index in [1.807, 2.05) is 31.2 Å². The SMILES string of the molecule is COC[C@@H](C)N(Cc1cccc(OC)c1)C(=O)c1nn2cccnc2c1Cl. The molecule has 1 aromatic carbocycles. The standard InChI is InChI=1S/C19H21ClN4O3/c1-13(12-26-2)23(11-14-6-4-7-15(10-14)27-3)19(25)17-16(20)18-21-8-5-9-24(18)22-17/h4-10,13H,11-12H2,1-3H3/t13-/m1/s1. The van der Waals surface area contributed by atoms with Gasteiger partial charge in [-0.05, 0) is 30.7 Å². The molecule has 0 aliphatic carbocycles. The number of amides is 1. The highest BCUT2D eigenvalue weighted by Gasteiger charge is 2.27. The van der Waals surface area contributed by atoms with Gasteiger partial charge < -0.3 is 14.4 Å². The summed E-state index contributed by atoms with van der Waals surface area (Å²) in [5.41, 5.74) is 1.55. The number of aromatic nitrogens is 3. The average molecular weight is 389 g/mol. The maximum atomic E-state index is 13.3. The number of hydrogen-bond donors (Lipinski definition) is 0. The molecule has 0 aliphatic heterocycles. The smallest absolute Gasteiger partial charge is 0.276 e. The Morgan fingerprint density at radius 1 is 1.33 bits per heavy atom. The lowest BCUT2D eigenvalue weighted by Crippen LogP contribution is -2.41. The van der Waals surface area contributed by atoms with Gasteiger partial charge in [-0.2, -0.15) is 5.10 Å². The normalized spacial score (nSPS) is 12.1. The molecule has 8 heteroatoms. The lowest BCUT2D eigenvalue weighted by atomic mass is 10.1. The first-order chi connectivity index (χ1) is 13.0. The van der Waals surface area contributed by atoms with E-state index >= 15 is 0 Å². The molecule has 1 amide bonds. The minimum absolute atomic E-state index is 0.168. The van der Waals surface area contributed by atoms with E-state index < -0.39 is 0 Å². The van der Waals surface area contributed by atoms with Crippen LogP contribution >= 0.6 is 11.6 Å². The number of carbonyl (C=O) groups is 1. The van der Waals surface area contributed by atoms with Crippen LogP contribution in [0.15, 0.2) is 42.7 Å². The van der Waals surface area contributed by atoms with E-state index in [0.29, 0.717) is 18.8 Å². The van der Waals surface area contributed by atoms with E-state index in [-0.39, 0.29) is 22.7 Å². The highest BCUT2D eigenvalue weighted by Crippen LogP contribution is 2.24. The molecule has 0 bridgehead atoms. The molecule has 0 fully saturated rings. The first-order valence-corrected chi connectivity index (χ1v) is 8.84. The minimum Gasteiger partial charge on any atom is -0.497 e. The Hall–Kier alpha value is -2.64. The summed E-state index contributed by atoms with van der Waals surface area (Å²) in [6, 6.07) is 9.13. The molecule has 3 aromatic rings. The summed E-state index contributed by atoms with van der Waals surface area (Å²) >= 11 is 6.38. The summed E-state index contributed by atoms with van der Waals surface area (Å²) in [5.74, 6) is 0.451. The van der Waals surface area contributed by atoms with Crippen molar-refractivity contribution in [3.8, 4) is 5.75 Å². The molecule has 3 rings (SSSR count). The summed E-state index contributed by atoms with van der Waals surface area (Å²) < 4.78 is 12.0. The van der Waals surface area contributed by atoms with E-state index in [0.717, 1.165) is 11.3 Å². The van der Waals surface area contributed by atoms with Gasteiger partial charge in [0.25, 0.3) is 5.91 Å². The van der Waals surface area contributed by atoms with Gasteiger partial charge in [0.15, 0.2) is 11.3 Å². The van der Waals surface area contributed by atoms with Gasteiger partial charge in [-0.25, -0.2) is 9.50 Å². The fourth-order valence-corrected chi connectivity index (χ4v) is 3.11. The Morgan fingerprint density at radius 2 is 2.15 bits per heavy atom. The van der Waals surface area contributed by atoms with Crippen molar-refractivity contribution in [3.63, 3.8) is 0 Å². The molecule has 0 radical (unpaired) electrons. The number of carbonyl (C=O) groups excluding carboxylic acids is 1. The third-order valence-corrected chi connectivity index (χ3v) is 4.58. The van der Waals surface area contributed by atoms with Crippen LogP contribution in [0.4, 0.5) is 0 Å². The molecule has 0 aliphatic rings. The Bertz CT molecular complexity index is 944. The number of ether oxygens (including phenoxy) is 2. The van der Waals surface area contributed by atoms with Crippen LogP contribution in [0.5, 0.6) is 5.75 Å². The van der Waals surface area contributed by atoms with Gasteiger partial charge in [0.1, 0.15) is 10.8 Å². The van der Waals surface area contributed by atoms with Crippen molar-refractivity contribution >= 4 is 23.2 Å². The zero-order valence-electron chi connectivity index (χ0n) is 15.4. The Labute approximate surface area is 162 Å². The summed E-state index contributed by atoms with van der Waals surface area (Å²) in [4.78, 5) is 19.1. The quantitative estimate of drug-likeness (QED) is 0.622. The highest BCUT2D eigenvalue weighted by atomic mass is 35.5. The predicted molar refractivity (Wildman–Crippen MR) is 102 cm³/mol. The van der Waals surface area contributed by atoms with Crippen LogP contribution in [0.25, 0.3) is 5.65 Å². The zero-order valence-corrected chi connectivity index (χ0v) is 16.2. The Morgan fingerprint density at radius 3 is 2.85 bits per heavy atom. The number of fused-ring (bicyclic) bond motifs is 1. The minimum atomic E-state index is -0.280. The Kier molecular flexibility index (Phi) is 5.93. The largest absolute Gasteiger partial charge is 0.497 e. The molecule has 1 atom stereocenters. The number of nitrogens with zero attached hydrogens (tertiary/aromatic N) is 4. The molecule has 7 nitrogen and oxygen atoms in total. The van der Waals surface area contributed by atoms with Gasteiger partial charge in [0.2, 0.25) is 0 Å². The van der Waals surface area contributed by atoms with E-state index in [9.17, 15) is 4.79 Å². The number of benzene rings is 1. The van der Waals surface area contributed by atoms with Crippen molar-refractivity contribution < 1.29 is 14.3 Å². The van der Waals surface area contributed by atoms with E-state index in [2.05, 4.69) is 10.1 Å². The van der Waals surface area contributed by atoms with Crippen LogP contribution in [0.1, 0.15) is 23.0 Å². The van der Waals surface area contributed by atoms with Gasteiger partial charge >= 0.3 is 0 Å². The second kappa shape index (κ2) is 8.37. The molecule has 0 N–H and O–H groups in total. The van der Waals surface area contributed by atoms with Crippen molar-refractivity contribution in [1.29, 1.82) is 0 Å². The van der Waals surface area contributed by atoms with E-state index in [4.69, 9.17) is 21.1 Å². The maximum absolute atomic E-state index is 13.3. The summed E-state index contributed by atoms with van der Waals surface area (Å²) in [6.45, 7) is 2.68. The fourth-order valence-electron chi connectivity index (χ4n) is 2.86. The molecule has 0 saturated carbocycles. The first kappa shape index (κ1) is 19.1. The van der Waals surface area contributed by atoms with Crippen molar-refractivity contribution in [2.45, 2.75) is 19.5 Å². The van der Waals surface area contributed by atoms with Crippen molar-refractivity contribution in [3.05, 3.63) is 59.0 Å². The van der Waals surface area contributed by atoms with Crippen molar-refractivity contribution in [1.82, 2.24) is 19.5 Å². The van der Waals surface area contributed by atoms with Crippen LogP contribution in [-0.4, -0.2) is 52.3 Å². The molecule has 0 unspecified atom stereocenters. The topological polar surface area (TPSA) is 69.0 Å². The summed E-state index contributed by atoms with van der Waals surface area (Å²) in [5, 5.41) is 4.55. The third-order valence-electron chi connectivity index (χ3n) is 4.23. The number of hydrogen-bond acceptors (Lipinski definition) is 5. The van der Waals surface area contributed by atoms with Gasteiger partial charge in [0.05, 0.1) is 19.8 Å². The molecule has 0 spiro atoms. The van der Waals surface area contributed by atoms with Crippen LogP contribution < -0.4 is 4.74 Å². The van der Waals surface area contributed by atoms with Crippen molar-refractivity contribution in [2.75, 3.05) is 20.8 Å². The molecule has 2 heterocycles. The average Bonchev–Trinajstić information content (AvgIpc) is 3.03. The number of methoxy groups -OCH3 is 2. The first-order valence-electron chi connectivity index (χ1n) is 8.46. The summed E-state index contributed by atoms with van der Waals surface area (Å²) in [6.07, 6.45) is 3.31. The predicted octanol–water partition coefficient (Wildman–Crippen LogP) is 3.07. The fraction of sp³-hybridized carbons (Fsp3) is 0.316. The lowest BCUT2D eigenvalue weighted by molar-refractivity contribution is 0.0536. The monoisotopic (exact) mass is 388 g/mol. The number of halogens is 1.